The van der Waals surface area contributed by atoms with Crippen LogP contribution < -0.4 is 11.5 Å². The van der Waals surface area contributed by atoms with Gasteiger partial charge in [0.05, 0.1) is 32.8 Å². The van der Waals surface area contributed by atoms with Crippen LogP contribution in [0.25, 0.3) is 11.2 Å². The Balaban J connectivity index is 2.14. The molecule has 0 radical (unpaired) electrons. The second-order valence-electron chi connectivity index (χ2n) is 6.32. The molecule has 2 aromatic rings. The summed E-state index contributed by atoms with van der Waals surface area (Å²) in [5.74, 6) is -1.13. The van der Waals surface area contributed by atoms with Crippen molar-refractivity contribution in [3.05, 3.63) is 12.7 Å². The number of aliphatic hydroxyl groups excluding tert-OH is 2. The van der Waals surface area contributed by atoms with Crippen LogP contribution in [0.4, 0.5) is 5.82 Å². The van der Waals surface area contributed by atoms with Gasteiger partial charge in [0.15, 0.2) is 23.3 Å². The molecule has 3 atom stereocenters. The molecule has 3 heterocycles. The van der Waals surface area contributed by atoms with Crippen LogP contribution in [0.15, 0.2) is 12.7 Å². The maximum Gasteiger partial charge on any atom is 0.255 e. The van der Waals surface area contributed by atoms with Gasteiger partial charge in [0.1, 0.15) is 17.9 Å². The van der Waals surface area contributed by atoms with E-state index in [2.05, 4.69) is 15.0 Å². The predicted molar refractivity (Wildman–Crippen MR) is 92.5 cm³/mol. The monoisotopic (exact) mass is 398 g/mol. The molecule has 1 saturated heterocycles. The highest BCUT2D eigenvalue weighted by atomic mass is 16.6. The van der Waals surface area contributed by atoms with Gasteiger partial charge < -0.3 is 41.0 Å². The molecule has 1 fully saturated rings. The predicted octanol–water partition coefficient (Wildman–Crippen LogP) is -3.09. The van der Waals surface area contributed by atoms with Gasteiger partial charge >= 0.3 is 0 Å². The van der Waals surface area contributed by atoms with Crippen molar-refractivity contribution in [3.63, 3.8) is 0 Å². The second-order valence-corrected chi connectivity index (χ2v) is 6.32. The number of hydrogen-bond donors (Lipinski definition) is 5. The maximum atomic E-state index is 12.2. The molecule has 13 heteroatoms. The van der Waals surface area contributed by atoms with Crippen molar-refractivity contribution in [2.24, 2.45) is 5.73 Å². The van der Waals surface area contributed by atoms with Gasteiger partial charge in [-0.1, -0.05) is 0 Å². The third kappa shape index (κ3) is 2.80. The Morgan fingerprint density at radius 1 is 1.32 bits per heavy atom. The molecule has 7 N–H and O–H groups in total. The molecule has 0 saturated carbocycles. The van der Waals surface area contributed by atoms with Crippen LogP contribution in [-0.2, 0) is 19.0 Å². The van der Waals surface area contributed by atoms with E-state index in [9.17, 15) is 20.1 Å². The third-order valence-electron chi connectivity index (χ3n) is 4.84. The van der Waals surface area contributed by atoms with Gasteiger partial charge in [-0.2, -0.15) is 0 Å². The summed E-state index contributed by atoms with van der Waals surface area (Å²) in [4.78, 5) is 24.3. The Hall–Kier alpha value is -2.42. The lowest BCUT2D eigenvalue weighted by Crippen LogP contribution is -2.67. The quantitative estimate of drug-likeness (QED) is 0.282. The van der Waals surface area contributed by atoms with E-state index in [-0.39, 0.29) is 30.2 Å². The number of aliphatic hydroxyl groups is 3. The average Bonchev–Trinajstić information content (AvgIpc) is 3.22. The maximum absolute atomic E-state index is 12.2. The summed E-state index contributed by atoms with van der Waals surface area (Å²) in [6, 6.07) is 0. The molecule has 1 aliphatic heterocycles. The van der Waals surface area contributed by atoms with E-state index in [4.69, 9.17) is 25.7 Å². The largest absolute Gasteiger partial charge is 0.393 e. The number of methoxy groups -OCH3 is 1. The fourth-order valence-electron chi connectivity index (χ4n) is 3.30. The average molecular weight is 398 g/mol. The molecule has 13 nitrogen and oxygen atoms in total. The lowest BCUT2D eigenvalue weighted by atomic mass is 9.80. The van der Waals surface area contributed by atoms with Crippen LogP contribution in [0.2, 0.25) is 0 Å². The molecule has 0 aliphatic carbocycles. The van der Waals surface area contributed by atoms with E-state index in [1.165, 1.54) is 24.3 Å². The van der Waals surface area contributed by atoms with Crippen LogP contribution in [0.5, 0.6) is 0 Å². The SMILES string of the molecule is COCCO[C@H]1[C@H](n2cnc3c(N)ncnc32)OC(CO)(CO)[C@]1(O)C(N)=O. The van der Waals surface area contributed by atoms with Gasteiger partial charge in [0.25, 0.3) is 5.91 Å². The number of ether oxygens (including phenoxy) is 3. The number of nitrogens with zero attached hydrogens (tertiary/aromatic N) is 4. The molecule has 154 valence electrons. The molecule has 0 spiro atoms. The minimum Gasteiger partial charge on any atom is -0.393 e. The summed E-state index contributed by atoms with van der Waals surface area (Å²) in [5.41, 5.74) is 7.02. The van der Waals surface area contributed by atoms with Gasteiger partial charge in [0, 0.05) is 7.11 Å². The second kappa shape index (κ2) is 7.54. The molecule has 1 amide bonds. The summed E-state index contributed by atoms with van der Waals surface area (Å²) in [6.45, 7) is -1.71. The first-order valence-corrected chi connectivity index (χ1v) is 8.31. The van der Waals surface area contributed by atoms with Gasteiger partial charge in [-0.25, -0.2) is 15.0 Å². The van der Waals surface area contributed by atoms with Gasteiger partial charge in [-0.15, -0.1) is 0 Å². The van der Waals surface area contributed by atoms with E-state index in [1.54, 1.807) is 0 Å². The molecule has 0 bridgehead atoms. The van der Waals surface area contributed by atoms with E-state index >= 15 is 0 Å². The molecule has 28 heavy (non-hydrogen) atoms. The number of imidazole rings is 1. The number of amides is 1. The van der Waals surface area contributed by atoms with Crippen LogP contribution >= 0.6 is 0 Å². The van der Waals surface area contributed by atoms with E-state index in [0.717, 1.165) is 0 Å². The Kier molecular flexibility index (Phi) is 5.47. The van der Waals surface area contributed by atoms with Crippen molar-refractivity contribution < 1.29 is 34.3 Å². The van der Waals surface area contributed by atoms with Crippen molar-refractivity contribution >= 4 is 22.9 Å². The summed E-state index contributed by atoms with van der Waals surface area (Å²) in [5, 5.41) is 30.9. The molecule has 1 aliphatic rings. The van der Waals surface area contributed by atoms with E-state index in [1.807, 2.05) is 0 Å². The van der Waals surface area contributed by atoms with Crippen LogP contribution in [-0.4, -0.2) is 91.6 Å². The highest BCUT2D eigenvalue weighted by Gasteiger charge is 2.70. The highest BCUT2D eigenvalue weighted by molar-refractivity contribution is 5.86. The number of nitrogen functional groups attached to an aromatic ring is 1. The first kappa shape index (κ1) is 20.3. The minimum atomic E-state index is -2.57. The lowest BCUT2D eigenvalue weighted by Gasteiger charge is -2.37. The first-order chi connectivity index (χ1) is 13.4. The third-order valence-corrected chi connectivity index (χ3v) is 4.84. The number of carbonyl (C=O) groups excluding carboxylic acids is 1. The van der Waals surface area contributed by atoms with Crippen LogP contribution in [0.3, 0.4) is 0 Å². The Morgan fingerprint density at radius 2 is 2.04 bits per heavy atom. The highest BCUT2D eigenvalue weighted by Crippen LogP contribution is 2.46. The van der Waals surface area contributed by atoms with Crippen molar-refractivity contribution in [1.82, 2.24) is 19.5 Å². The first-order valence-electron chi connectivity index (χ1n) is 8.31. The van der Waals surface area contributed by atoms with Crippen molar-refractivity contribution in [2.75, 3.05) is 39.3 Å². The van der Waals surface area contributed by atoms with Crippen molar-refractivity contribution in [2.45, 2.75) is 23.5 Å². The Labute approximate surface area is 158 Å². The molecular weight excluding hydrogens is 376 g/mol. The summed E-state index contributed by atoms with van der Waals surface area (Å²) in [7, 11) is 1.45. The molecule has 2 aromatic heterocycles. The zero-order valence-electron chi connectivity index (χ0n) is 15.1. The molecular formula is C15H22N6O7. The van der Waals surface area contributed by atoms with Gasteiger partial charge in [-0.05, 0) is 0 Å². The molecule has 0 aromatic carbocycles. The number of nitrogens with two attached hydrogens (primary N) is 2. The minimum absolute atomic E-state index is 0.0344. The number of hydrogen-bond acceptors (Lipinski definition) is 11. The lowest BCUT2D eigenvalue weighted by molar-refractivity contribution is -0.194. The number of primary amides is 1. The van der Waals surface area contributed by atoms with Gasteiger partial charge in [0.2, 0.25) is 5.60 Å². The van der Waals surface area contributed by atoms with Gasteiger partial charge in [-0.3, -0.25) is 9.36 Å². The van der Waals surface area contributed by atoms with E-state index in [0.29, 0.717) is 0 Å². The molecule has 0 unspecified atom stereocenters. The summed E-state index contributed by atoms with van der Waals surface area (Å²) in [6.07, 6.45) is -0.141. The number of fused-ring (bicyclic) bond motifs is 1. The summed E-state index contributed by atoms with van der Waals surface area (Å²) < 4.78 is 17.7. The number of anilines is 1. The zero-order valence-corrected chi connectivity index (χ0v) is 15.1. The number of aromatic nitrogens is 4. The number of carbonyl (C=O) groups is 1. The van der Waals surface area contributed by atoms with E-state index < -0.39 is 42.7 Å². The van der Waals surface area contributed by atoms with Crippen LogP contribution in [0, 0.1) is 0 Å². The summed E-state index contributed by atoms with van der Waals surface area (Å²) >= 11 is 0. The standard InChI is InChI=1S/C15H22N6O7/c1-26-2-3-27-9-12(21-7-20-8-10(16)18-6-19-11(8)21)28-14(4-22,5-23)15(9,25)13(17)24/h6-7,9,12,22-23,25H,2-5H2,1H3,(H2,17,24)(H2,16,18,19)/t9-,12+,15+/m0/s1. The normalized spacial score (nSPS) is 26.7. The Bertz CT molecular complexity index is 857. The zero-order chi connectivity index (χ0) is 20.5. The topological polar surface area (TPSA) is 201 Å². The fraction of sp³-hybridized carbons (Fsp3) is 0.600. The Morgan fingerprint density at radius 3 is 2.64 bits per heavy atom. The van der Waals surface area contributed by atoms with Crippen molar-refractivity contribution in [1.29, 1.82) is 0 Å². The van der Waals surface area contributed by atoms with Crippen LogP contribution in [0.1, 0.15) is 6.23 Å². The molecule has 3 rings (SSSR count). The fourth-order valence-corrected chi connectivity index (χ4v) is 3.30. The number of rotatable bonds is 8. The smallest absolute Gasteiger partial charge is 0.255 e. The van der Waals surface area contributed by atoms with Crippen molar-refractivity contribution in [3.8, 4) is 0 Å².